The molecule has 6 nitrogen and oxygen atoms in total. The van der Waals surface area contributed by atoms with Gasteiger partial charge in [0.05, 0.1) is 17.3 Å². The summed E-state index contributed by atoms with van der Waals surface area (Å²) in [5.41, 5.74) is 5.70. The van der Waals surface area contributed by atoms with Gasteiger partial charge >= 0.3 is 0 Å². The molecule has 4 rings (SSSR count). The van der Waals surface area contributed by atoms with Gasteiger partial charge in [-0.15, -0.1) is 0 Å². The quantitative estimate of drug-likeness (QED) is 0.478. The molecule has 2 aromatic carbocycles. The smallest absolute Gasteiger partial charge is 0.281 e. The van der Waals surface area contributed by atoms with Crippen molar-refractivity contribution in [2.45, 2.75) is 47.1 Å². The SMILES string of the molecule is Cc1ccc(NC(=O)CCCn2c(C)c3cnn(-c4ccccc4)c(=O)c3c2C)cc1C. The number of aryl methyl sites for hydroxylation is 4. The van der Waals surface area contributed by atoms with E-state index in [1.54, 1.807) is 6.20 Å². The van der Waals surface area contributed by atoms with Crippen molar-refractivity contribution < 1.29 is 4.79 Å². The number of hydrogen-bond donors (Lipinski definition) is 1. The highest BCUT2D eigenvalue weighted by Gasteiger charge is 2.17. The Balaban J connectivity index is 1.51. The number of nitrogens with zero attached hydrogens (tertiary/aromatic N) is 3. The number of anilines is 1. The van der Waals surface area contributed by atoms with E-state index in [1.807, 2.05) is 69.3 Å². The number of nitrogens with one attached hydrogen (secondary N) is 1. The van der Waals surface area contributed by atoms with Gasteiger partial charge in [-0.3, -0.25) is 9.59 Å². The average molecular weight is 429 g/mol. The van der Waals surface area contributed by atoms with Gasteiger partial charge in [0.25, 0.3) is 5.56 Å². The van der Waals surface area contributed by atoms with Crippen LogP contribution in [0.4, 0.5) is 5.69 Å². The second-order valence-electron chi connectivity index (χ2n) is 8.26. The van der Waals surface area contributed by atoms with Crippen molar-refractivity contribution in [3.63, 3.8) is 0 Å². The molecule has 0 bridgehead atoms. The second kappa shape index (κ2) is 8.83. The van der Waals surface area contributed by atoms with Gasteiger partial charge in [-0.05, 0) is 69.5 Å². The third kappa shape index (κ3) is 4.08. The van der Waals surface area contributed by atoms with Crippen molar-refractivity contribution in [3.8, 4) is 5.69 Å². The Morgan fingerprint density at radius 3 is 2.44 bits per heavy atom. The van der Waals surface area contributed by atoms with Crippen LogP contribution in [-0.4, -0.2) is 20.3 Å². The van der Waals surface area contributed by atoms with Crippen molar-refractivity contribution in [3.05, 3.63) is 87.6 Å². The van der Waals surface area contributed by atoms with E-state index in [-0.39, 0.29) is 11.5 Å². The van der Waals surface area contributed by atoms with Crippen LogP contribution in [0.1, 0.15) is 35.4 Å². The number of carbonyl (C=O) groups excluding carboxylic acids is 1. The molecule has 0 aliphatic heterocycles. The molecule has 2 heterocycles. The van der Waals surface area contributed by atoms with Gasteiger partial charge in [0.1, 0.15) is 0 Å². The van der Waals surface area contributed by atoms with E-state index in [0.29, 0.717) is 24.8 Å². The summed E-state index contributed by atoms with van der Waals surface area (Å²) < 4.78 is 3.56. The molecule has 0 aliphatic carbocycles. The number of hydrogen-bond acceptors (Lipinski definition) is 3. The fourth-order valence-corrected chi connectivity index (χ4v) is 4.14. The van der Waals surface area contributed by atoms with Crippen LogP contribution < -0.4 is 10.9 Å². The molecule has 0 saturated carbocycles. The molecule has 164 valence electrons. The summed E-state index contributed by atoms with van der Waals surface area (Å²) in [4.78, 5) is 25.6. The molecule has 0 spiro atoms. The number of amides is 1. The summed E-state index contributed by atoms with van der Waals surface area (Å²) in [6.45, 7) is 8.71. The van der Waals surface area contributed by atoms with Crippen LogP contribution in [0.15, 0.2) is 59.5 Å². The maximum Gasteiger partial charge on any atom is 0.281 e. The first-order valence-corrected chi connectivity index (χ1v) is 10.9. The lowest BCUT2D eigenvalue weighted by Gasteiger charge is -2.10. The van der Waals surface area contributed by atoms with E-state index in [4.69, 9.17) is 0 Å². The number of para-hydroxylation sites is 1. The van der Waals surface area contributed by atoms with Gasteiger partial charge in [-0.1, -0.05) is 24.3 Å². The van der Waals surface area contributed by atoms with Crippen LogP contribution in [0.5, 0.6) is 0 Å². The Hall–Kier alpha value is -3.67. The molecule has 1 amide bonds. The van der Waals surface area contributed by atoms with Crippen molar-refractivity contribution >= 4 is 22.4 Å². The van der Waals surface area contributed by atoms with E-state index >= 15 is 0 Å². The third-order valence-electron chi connectivity index (χ3n) is 6.12. The number of carbonyl (C=O) groups is 1. The number of benzene rings is 2. The van der Waals surface area contributed by atoms with Crippen molar-refractivity contribution in [2.75, 3.05) is 5.32 Å². The summed E-state index contributed by atoms with van der Waals surface area (Å²) in [6.07, 6.45) is 2.85. The van der Waals surface area contributed by atoms with Gasteiger partial charge in [-0.25, -0.2) is 0 Å². The third-order valence-corrected chi connectivity index (χ3v) is 6.12. The van der Waals surface area contributed by atoms with Crippen molar-refractivity contribution in [2.24, 2.45) is 0 Å². The molecule has 0 aliphatic rings. The minimum Gasteiger partial charge on any atom is -0.348 e. The molecule has 1 N–H and O–H groups in total. The molecule has 6 heteroatoms. The molecular formula is C26H28N4O2. The summed E-state index contributed by atoms with van der Waals surface area (Å²) in [5.74, 6) is -0.00614. The molecule has 4 aromatic rings. The summed E-state index contributed by atoms with van der Waals surface area (Å²) in [5, 5.41) is 8.90. The monoisotopic (exact) mass is 428 g/mol. The van der Waals surface area contributed by atoms with Gasteiger partial charge in [0.2, 0.25) is 5.91 Å². The van der Waals surface area contributed by atoms with E-state index in [2.05, 4.69) is 21.9 Å². The first-order chi connectivity index (χ1) is 15.4. The predicted octanol–water partition coefficient (Wildman–Crippen LogP) is 4.84. The minimum atomic E-state index is -0.125. The largest absolute Gasteiger partial charge is 0.348 e. The second-order valence-corrected chi connectivity index (χ2v) is 8.26. The molecule has 0 fully saturated rings. The Bertz CT molecular complexity index is 1350. The standard InChI is InChI=1S/C26H28N4O2/c1-17-12-13-21(15-18(17)2)28-24(31)11-8-14-29-19(3)23-16-27-30(22-9-6-5-7-10-22)26(32)25(23)20(29)4/h5-7,9-10,12-13,15-16H,8,11,14H2,1-4H3,(H,28,31). The van der Waals surface area contributed by atoms with Crippen LogP contribution in [0.3, 0.4) is 0 Å². The highest BCUT2D eigenvalue weighted by atomic mass is 16.1. The fraction of sp³-hybridized carbons (Fsp3) is 0.269. The molecule has 2 aromatic heterocycles. The van der Waals surface area contributed by atoms with Gasteiger partial charge < -0.3 is 9.88 Å². The Kier molecular flexibility index (Phi) is 5.95. The van der Waals surface area contributed by atoms with E-state index < -0.39 is 0 Å². The maximum absolute atomic E-state index is 13.2. The molecule has 0 radical (unpaired) electrons. The van der Waals surface area contributed by atoms with E-state index in [1.165, 1.54) is 10.2 Å². The lowest BCUT2D eigenvalue weighted by Crippen LogP contribution is -2.21. The number of aromatic nitrogens is 3. The first kappa shape index (κ1) is 21.6. The van der Waals surface area contributed by atoms with Gasteiger partial charge in [-0.2, -0.15) is 9.78 Å². The average Bonchev–Trinajstić information content (AvgIpc) is 3.02. The predicted molar refractivity (Wildman–Crippen MR) is 129 cm³/mol. The zero-order chi connectivity index (χ0) is 22.8. The molecule has 32 heavy (non-hydrogen) atoms. The fourth-order valence-electron chi connectivity index (χ4n) is 4.14. The van der Waals surface area contributed by atoms with Crippen molar-refractivity contribution in [1.29, 1.82) is 0 Å². The van der Waals surface area contributed by atoms with Crippen LogP contribution in [0, 0.1) is 27.7 Å². The lowest BCUT2D eigenvalue weighted by molar-refractivity contribution is -0.116. The van der Waals surface area contributed by atoms with Crippen LogP contribution >= 0.6 is 0 Å². The summed E-state index contributed by atoms with van der Waals surface area (Å²) in [7, 11) is 0. The molecule has 0 atom stereocenters. The molecule has 0 saturated heterocycles. The normalized spacial score (nSPS) is 11.1. The highest BCUT2D eigenvalue weighted by Crippen LogP contribution is 2.23. The van der Waals surface area contributed by atoms with E-state index in [0.717, 1.165) is 33.7 Å². The van der Waals surface area contributed by atoms with E-state index in [9.17, 15) is 9.59 Å². The highest BCUT2D eigenvalue weighted by molar-refractivity contribution is 5.91. The zero-order valence-electron chi connectivity index (χ0n) is 19.0. The number of fused-ring (bicyclic) bond motifs is 1. The summed E-state index contributed by atoms with van der Waals surface area (Å²) in [6, 6.07) is 15.4. The van der Waals surface area contributed by atoms with Crippen LogP contribution in [0.25, 0.3) is 16.5 Å². The van der Waals surface area contributed by atoms with Crippen molar-refractivity contribution in [1.82, 2.24) is 14.3 Å². The zero-order valence-corrected chi connectivity index (χ0v) is 19.0. The maximum atomic E-state index is 13.2. The molecule has 0 unspecified atom stereocenters. The number of rotatable bonds is 6. The molecular weight excluding hydrogens is 400 g/mol. The Morgan fingerprint density at radius 1 is 0.969 bits per heavy atom. The minimum absolute atomic E-state index is 0.00614. The lowest BCUT2D eigenvalue weighted by atomic mass is 10.1. The Morgan fingerprint density at radius 2 is 1.72 bits per heavy atom. The van der Waals surface area contributed by atoms with Gasteiger partial charge in [0, 0.05) is 35.4 Å². The first-order valence-electron chi connectivity index (χ1n) is 10.9. The van der Waals surface area contributed by atoms with Gasteiger partial charge in [0.15, 0.2) is 0 Å². The van der Waals surface area contributed by atoms with Crippen LogP contribution in [-0.2, 0) is 11.3 Å². The topological polar surface area (TPSA) is 68.9 Å². The Labute approximate surface area is 187 Å². The summed E-state index contributed by atoms with van der Waals surface area (Å²) >= 11 is 0. The van der Waals surface area contributed by atoms with Crippen LogP contribution in [0.2, 0.25) is 0 Å².